The maximum atomic E-state index is 12.8. The van der Waals surface area contributed by atoms with Gasteiger partial charge in [-0.25, -0.2) is 9.59 Å². The summed E-state index contributed by atoms with van der Waals surface area (Å²) in [7, 11) is 0. The number of hydrogen-bond donors (Lipinski definition) is 0. The van der Waals surface area contributed by atoms with Crippen LogP contribution >= 0.6 is 0 Å². The van der Waals surface area contributed by atoms with E-state index in [0.29, 0.717) is 6.07 Å². The van der Waals surface area contributed by atoms with Crippen molar-refractivity contribution >= 4 is 5.97 Å². The monoisotopic (exact) mass is 312 g/mol. The standard InChI is InChI=1S/C15H11F3O4/c1-2-21-13(19)12-10(9-6-4-3-5-7-9)8-11(15(16,17)18)22-14(12)20/h3-8H,2H2,1H3. The lowest BCUT2D eigenvalue weighted by Gasteiger charge is -2.11. The highest BCUT2D eigenvalue weighted by Gasteiger charge is 2.36. The van der Waals surface area contributed by atoms with Gasteiger partial charge in [-0.05, 0) is 18.6 Å². The number of carbonyl (C=O) groups excluding carboxylic acids is 1. The van der Waals surface area contributed by atoms with Crippen LogP contribution < -0.4 is 5.63 Å². The number of alkyl halides is 3. The van der Waals surface area contributed by atoms with Crippen LogP contribution in [0.4, 0.5) is 13.2 Å². The van der Waals surface area contributed by atoms with Crippen LogP contribution in [-0.4, -0.2) is 12.6 Å². The zero-order valence-electron chi connectivity index (χ0n) is 11.4. The van der Waals surface area contributed by atoms with E-state index in [9.17, 15) is 22.8 Å². The van der Waals surface area contributed by atoms with Gasteiger partial charge in [0.15, 0.2) is 5.56 Å². The molecule has 116 valence electrons. The molecule has 2 aromatic rings. The summed E-state index contributed by atoms with van der Waals surface area (Å²) in [5.74, 6) is -2.49. The quantitative estimate of drug-likeness (QED) is 0.814. The maximum Gasteiger partial charge on any atom is 0.449 e. The van der Waals surface area contributed by atoms with Crippen molar-refractivity contribution in [1.82, 2.24) is 0 Å². The first-order valence-electron chi connectivity index (χ1n) is 6.32. The Morgan fingerprint density at radius 3 is 2.41 bits per heavy atom. The van der Waals surface area contributed by atoms with Crippen molar-refractivity contribution in [2.45, 2.75) is 13.1 Å². The van der Waals surface area contributed by atoms with E-state index < -0.39 is 29.1 Å². The molecule has 0 aliphatic rings. The number of carbonyl (C=O) groups is 1. The van der Waals surface area contributed by atoms with Crippen LogP contribution in [0.2, 0.25) is 0 Å². The molecule has 1 aromatic heterocycles. The summed E-state index contributed by atoms with van der Waals surface area (Å²) in [6.07, 6.45) is -4.84. The normalized spacial score (nSPS) is 11.3. The second-order valence-electron chi connectivity index (χ2n) is 4.27. The van der Waals surface area contributed by atoms with Gasteiger partial charge in [0, 0.05) is 5.56 Å². The van der Waals surface area contributed by atoms with E-state index in [1.54, 1.807) is 18.2 Å². The minimum atomic E-state index is -4.84. The number of esters is 1. The molecular weight excluding hydrogens is 301 g/mol. The van der Waals surface area contributed by atoms with E-state index in [2.05, 4.69) is 4.42 Å². The highest BCUT2D eigenvalue weighted by Crippen LogP contribution is 2.32. The molecule has 0 bridgehead atoms. The molecule has 1 heterocycles. The summed E-state index contributed by atoms with van der Waals surface area (Å²) < 4.78 is 47.3. The lowest BCUT2D eigenvalue weighted by molar-refractivity contribution is -0.154. The Morgan fingerprint density at radius 1 is 1.23 bits per heavy atom. The van der Waals surface area contributed by atoms with Gasteiger partial charge in [-0.2, -0.15) is 13.2 Å². The smallest absolute Gasteiger partial charge is 0.449 e. The average molecular weight is 312 g/mol. The van der Waals surface area contributed by atoms with E-state index in [4.69, 9.17) is 4.74 Å². The molecule has 0 spiro atoms. The van der Waals surface area contributed by atoms with E-state index >= 15 is 0 Å². The van der Waals surface area contributed by atoms with Gasteiger partial charge in [-0.3, -0.25) is 0 Å². The summed E-state index contributed by atoms with van der Waals surface area (Å²) in [6.45, 7) is 1.50. The Balaban J connectivity index is 2.73. The number of hydrogen-bond acceptors (Lipinski definition) is 4. The Morgan fingerprint density at radius 2 is 1.86 bits per heavy atom. The summed E-state index contributed by atoms with van der Waals surface area (Å²) >= 11 is 0. The predicted molar refractivity (Wildman–Crippen MR) is 71.4 cm³/mol. The molecule has 0 N–H and O–H groups in total. The number of benzene rings is 1. The Bertz CT molecular complexity index is 733. The molecular formula is C15H11F3O4. The SMILES string of the molecule is CCOC(=O)c1c(-c2ccccc2)cc(C(F)(F)F)oc1=O. The summed E-state index contributed by atoms with van der Waals surface area (Å²) in [5, 5.41) is 0. The van der Waals surface area contributed by atoms with Crippen molar-refractivity contribution in [1.29, 1.82) is 0 Å². The van der Waals surface area contributed by atoms with Gasteiger partial charge in [0.05, 0.1) is 6.61 Å². The highest BCUT2D eigenvalue weighted by molar-refractivity contribution is 5.96. The van der Waals surface area contributed by atoms with Gasteiger partial charge >= 0.3 is 17.8 Å². The highest BCUT2D eigenvalue weighted by atomic mass is 19.4. The maximum absolute atomic E-state index is 12.8. The van der Waals surface area contributed by atoms with Crippen LogP contribution in [-0.2, 0) is 10.9 Å². The van der Waals surface area contributed by atoms with Gasteiger partial charge < -0.3 is 9.15 Å². The molecule has 4 nitrogen and oxygen atoms in total. The third-order valence-electron chi connectivity index (χ3n) is 2.80. The molecule has 0 amide bonds. The van der Waals surface area contributed by atoms with Crippen molar-refractivity contribution < 1.29 is 27.1 Å². The van der Waals surface area contributed by atoms with Gasteiger partial charge in [0.2, 0.25) is 5.76 Å². The first kappa shape index (κ1) is 15.8. The van der Waals surface area contributed by atoms with Crippen molar-refractivity contribution in [3.63, 3.8) is 0 Å². The van der Waals surface area contributed by atoms with Crippen molar-refractivity contribution in [3.05, 3.63) is 58.1 Å². The predicted octanol–water partition coefficient (Wildman–Crippen LogP) is 3.50. The van der Waals surface area contributed by atoms with Gasteiger partial charge in [0.1, 0.15) is 0 Å². The Kier molecular flexibility index (Phi) is 4.35. The topological polar surface area (TPSA) is 56.5 Å². The van der Waals surface area contributed by atoms with Crippen molar-refractivity contribution in [3.8, 4) is 11.1 Å². The first-order valence-corrected chi connectivity index (χ1v) is 6.32. The fourth-order valence-corrected chi connectivity index (χ4v) is 1.88. The second kappa shape index (κ2) is 6.05. The number of rotatable bonds is 3. The average Bonchev–Trinajstić information content (AvgIpc) is 2.46. The molecule has 2 rings (SSSR count). The molecule has 1 aromatic carbocycles. The summed E-state index contributed by atoms with van der Waals surface area (Å²) in [6, 6.07) is 8.40. The van der Waals surface area contributed by atoms with Crippen LogP contribution in [0, 0.1) is 0 Å². The largest absolute Gasteiger partial charge is 0.462 e. The van der Waals surface area contributed by atoms with Crippen LogP contribution in [0.3, 0.4) is 0 Å². The van der Waals surface area contributed by atoms with Crippen LogP contribution in [0.1, 0.15) is 23.0 Å². The third-order valence-corrected chi connectivity index (χ3v) is 2.80. The zero-order valence-corrected chi connectivity index (χ0v) is 11.4. The molecule has 0 saturated carbocycles. The number of ether oxygens (including phenoxy) is 1. The molecule has 0 atom stereocenters. The van der Waals surface area contributed by atoms with Crippen molar-refractivity contribution in [2.24, 2.45) is 0 Å². The molecule has 0 saturated heterocycles. The van der Waals surface area contributed by atoms with Gasteiger partial charge in [-0.15, -0.1) is 0 Å². The van der Waals surface area contributed by atoms with E-state index in [1.165, 1.54) is 19.1 Å². The number of halogens is 3. The molecule has 0 aliphatic carbocycles. The lowest BCUT2D eigenvalue weighted by atomic mass is 10.0. The molecule has 7 heteroatoms. The Labute approximate surface area is 123 Å². The van der Waals surface area contributed by atoms with Crippen molar-refractivity contribution in [2.75, 3.05) is 6.61 Å². The summed E-state index contributed by atoms with van der Waals surface area (Å²) in [5.41, 5.74) is -1.83. The van der Waals surface area contributed by atoms with E-state index in [-0.39, 0.29) is 17.7 Å². The first-order chi connectivity index (χ1) is 10.3. The molecule has 0 aliphatic heterocycles. The zero-order chi connectivity index (χ0) is 16.3. The lowest BCUT2D eigenvalue weighted by Crippen LogP contribution is -2.21. The van der Waals surface area contributed by atoms with Crippen LogP contribution in [0.5, 0.6) is 0 Å². The second-order valence-corrected chi connectivity index (χ2v) is 4.27. The van der Waals surface area contributed by atoms with Crippen LogP contribution in [0.25, 0.3) is 11.1 Å². The summed E-state index contributed by atoms with van der Waals surface area (Å²) in [4.78, 5) is 23.7. The van der Waals surface area contributed by atoms with E-state index in [0.717, 1.165) is 0 Å². The fraction of sp³-hybridized carbons (Fsp3) is 0.200. The molecule has 22 heavy (non-hydrogen) atoms. The fourth-order valence-electron chi connectivity index (χ4n) is 1.88. The minimum absolute atomic E-state index is 0.0203. The molecule has 0 unspecified atom stereocenters. The van der Waals surface area contributed by atoms with Crippen LogP contribution in [0.15, 0.2) is 45.6 Å². The molecule has 0 fully saturated rings. The molecule has 0 radical (unpaired) electrons. The third kappa shape index (κ3) is 3.19. The van der Waals surface area contributed by atoms with E-state index in [1.807, 2.05) is 0 Å². The van der Waals surface area contributed by atoms with Gasteiger partial charge in [0.25, 0.3) is 0 Å². The minimum Gasteiger partial charge on any atom is -0.462 e. The van der Waals surface area contributed by atoms with Gasteiger partial charge in [-0.1, -0.05) is 30.3 Å². The Hall–Kier alpha value is -2.57.